The first-order chi connectivity index (χ1) is 10.6. The molecule has 24 heavy (non-hydrogen) atoms. The number of carbonyl (C=O) groups excluding carboxylic acids is 1. The number of nitrogens with one attached hydrogen (secondary N) is 3. The smallest absolute Gasteiger partial charge is 0.426 e. The van der Waals surface area contributed by atoms with E-state index in [-0.39, 0.29) is 6.17 Å². The molecule has 0 bridgehead atoms. The van der Waals surface area contributed by atoms with E-state index >= 15 is 0 Å². The molecule has 2 heterocycles. The Kier molecular flexibility index (Phi) is 4.16. The predicted molar refractivity (Wildman–Crippen MR) is 67.5 cm³/mol. The fourth-order valence-electron chi connectivity index (χ4n) is 2.56. The minimum atomic E-state index is -5.96. The average Bonchev–Trinajstić information content (AvgIpc) is 3.23. The summed E-state index contributed by atoms with van der Waals surface area (Å²) in [5.74, 6) is -1.04. The third kappa shape index (κ3) is 2.65. The zero-order valence-electron chi connectivity index (χ0n) is 12.9. The van der Waals surface area contributed by atoms with Crippen molar-refractivity contribution in [2.75, 3.05) is 7.05 Å². The van der Waals surface area contributed by atoms with Crippen molar-refractivity contribution in [2.45, 2.75) is 61.7 Å². The maximum absolute atomic E-state index is 12.7. The summed E-state index contributed by atoms with van der Waals surface area (Å²) >= 11 is 0. The van der Waals surface area contributed by atoms with E-state index in [0.29, 0.717) is 0 Å². The lowest BCUT2D eigenvalue weighted by Crippen LogP contribution is -2.62. The van der Waals surface area contributed by atoms with Gasteiger partial charge in [-0.3, -0.25) is 10.6 Å². The van der Waals surface area contributed by atoms with E-state index < -0.39 is 47.6 Å². The molecule has 0 saturated carbocycles. The van der Waals surface area contributed by atoms with E-state index in [9.17, 15) is 31.1 Å². The molecule has 0 aromatic rings. The first kappa shape index (κ1) is 19.2. The SMILES string of the molecule is CNC(C)(C(=O)OC(C)CC(O)(C(F)(F)F)C(F)(F)F)C12NC1N2. The van der Waals surface area contributed by atoms with E-state index in [0.717, 1.165) is 6.92 Å². The van der Waals surface area contributed by atoms with Crippen LogP contribution in [0.5, 0.6) is 0 Å². The molecule has 0 radical (unpaired) electrons. The highest BCUT2D eigenvalue weighted by atomic mass is 19.4. The molecule has 2 unspecified atom stereocenters. The van der Waals surface area contributed by atoms with E-state index in [2.05, 4.69) is 16.0 Å². The highest BCUT2D eigenvalue weighted by Gasteiger charge is 2.81. The van der Waals surface area contributed by atoms with Gasteiger partial charge in [-0.1, -0.05) is 0 Å². The van der Waals surface area contributed by atoms with Crippen LogP contribution in [0.3, 0.4) is 0 Å². The van der Waals surface area contributed by atoms with Gasteiger partial charge in [0.25, 0.3) is 5.60 Å². The summed E-state index contributed by atoms with van der Waals surface area (Å²) in [5.41, 5.74) is -7.17. The summed E-state index contributed by atoms with van der Waals surface area (Å²) in [6.07, 6.45) is -15.8. The number of fused-ring (bicyclic) bond motifs is 1. The van der Waals surface area contributed by atoms with Gasteiger partial charge in [-0.05, 0) is 20.9 Å². The topological polar surface area (TPSA) is 102 Å². The zero-order valence-corrected chi connectivity index (χ0v) is 12.9. The van der Waals surface area contributed by atoms with Gasteiger partial charge < -0.3 is 15.2 Å². The Bertz CT molecular complexity index is 517. The van der Waals surface area contributed by atoms with Crippen molar-refractivity contribution in [3.8, 4) is 0 Å². The van der Waals surface area contributed by atoms with Crippen LogP contribution in [0.1, 0.15) is 20.3 Å². The Hall–Kier alpha value is -1.11. The first-order valence-electron chi connectivity index (χ1n) is 6.96. The summed E-state index contributed by atoms with van der Waals surface area (Å²) < 4.78 is 80.7. The Labute approximate surface area is 132 Å². The van der Waals surface area contributed by atoms with Crippen LogP contribution in [0.15, 0.2) is 0 Å². The van der Waals surface area contributed by atoms with Gasteiger partial charge in [0.15, 0.2) is 0 Å². The van der Waals surface area contributed by atoms with Gasteiger partial charge >= 0.3 is 18.3 Å². The fraction of sp³-hybridized carbons (Fsp3) is 0.917. The van der Waals surface area contributed by atoms with Crippen LogP contribution >= 0.6 is 0 Å². The molecule has 0 aromatic carbocycles. The van der Waals surface area contributed by atoms with Crippen LogP contribution in [0.2, 0.25) is 0 Å². The van der Waals surface area contributed by atoms with Crippen molar-refractivity contribution >= 4 is 5.97 Å². The summed E-state index contributed by atoms with van der Waals surface area (Å²) in [7, 11) is 1.40. The molecule has 140 valence electrons. The molecule has 4 N–H and O–H groups in total. The number of carbonyl (C=O) groups is 1. The standard InChI is InChI=1S/C12H17F6N3O3/c1-5(4-9(23,11(13,14)15)12(16,17)18)24-7(22)8(2,19-3)10-6(20-10)21-10/h5-6,19-21,23H,4H2,1-3H3. The number of hydrogen-bond donors (Lipinski definition) is 4. The molecule has 2 saturated heterocycles. The molecule has 2 atom stereocenters. The largest absolute Gasteiger partial charge is 0.461 e. The van der Waals surface area contributed by atoms with Crippen LogP contribution in [-0.4, -0.2) is 59.5 Å². The predicted octanol–water partition coefficient (Wildman–Crippen LogP) is 0.371. The minimum Gasteiger partial charge on any atom is -0.461 e. The summed E-state index contributed by atoms with van der Waals surface area (Å²) in [6.45, 7) is 2.25. The fourth-order valence-corrected chi connectivity index (χ4v) is 2.56. The highest BCUT2D eigenvalue weighted by Crippen LogP contribution is 2.48. The average molecular weight is 365 g/mol. The molecule has 2 fully saturated rings. The molecule has 2 rings (SSSR count). The van der Waals surface area contributed by atoms with Gasteiger partial charge in [-0.2, -0.15) is 26.3 Å². The zero-order chi connectivity index (χ0) is 18.8. The first-order valence-corrected chi connectivity index (χ1v) is 6.96. The van der Waals surface area contributed by atoms with Gasteiger partial charge in [-0.15, -0.1) is 0 Å². The van der Waals surface area contributed by atoms with Crippen LogP contribution in [-0.2, 0) is 9.53 Å². The third-order valence-corrected chi connectivity index (χ3v) is 4.54. The van der Waals surface area contributed by atoms with Crippen LogP contribution in [0, 0.1) is 0 Å². The molecule has 2 aliphatic rings. The van der Waals surface area contributed by atoms with E-state index in [1.807, 2.05) is 0 Å². The quantitative estimate of drug-likeness (QED) is 0.308. The summed E-state index contributed by atoms with van der Waals surface area (Å²) in [5, 5.41) is 17.5. The number of halogens is 6. The lowest BCUT2D eigenvalue weighted by molar-refractivity contribution is -0.373. The van der Waals surface area contributed by atoms with Crippen molar-refractivity contribution in [1.82, 2.24) is 16.0 Å². The highest BCUT2D eigenvalue weighted by molar-refractivity contribution is 5.85. The van der Waals surface area contributed by atoms with Gasteiger partial charge in [0.1, 0.15) is 17.3 Å². The molecule has 2 aliphatic heterocycles. The van der Waals surface area contributed by atoms with Gasteiger partial charge in [0.05, 0.1) is 6.17 Å². The van der Waals surface area contributed by atoms with Crippen LogP contribution in [0.25, 0.3) is 0 Å². The molecular weight excluding hydrogens is 348 g/mol. The van der Waals surface area contributed by atoms with E-state index in [1.54, 1.807) is 0 Å². The summed E-state index contributed by atoms with van der Waals surface area (Å²) in [4.78, 5) is 12.2. The molecule has 0 spiro atoms. The molecule has 12 heteroatoms. The Morgan fingerprint density at radius 2 is 1.67 bits per heavy atom. The van der Waals surface area contributed by atoms with Crippen LogP contribution in [0.4, 0.5) is 26.3 Å². The maximum atomic E-state index is 12.7. The van der Waals surface area contributed by atoms with Crippen molar-refractivity contribution in [2.24, 2.45) is 0 Å². The number of hydrogen-bond acceptors (Lipinski definition) is 6. The Morgan fingerprint density at radius 3 is 1.96 bits per heavy atom. The number of esters is 1. The number of ether oxygens (including phenoxy) is 1. The monoisotopic (exact) mass is 365 g/mol. The van der Waals surface area contributed by atoms with Crippen molar-refractivity contribution in [3.63, 3.8) is 0 Å². The van der Waals surface area contributed by atoms with Gasteiger partial charge in [0.2, 0.25) is 0 Å². The van der Waals surface area contributed by atoms with Crippen molar-refractivity contribution in [3.05, 3.63) is 0 Å². The number of likely N-dealkylation sites (N-methyl/N-ethyl adjacent to an activating group) is 1. The lowest BCUT2D eigenvalue weighted by Gasteiger charge is -2.35. The number of rotatable bonds is 6. The molecule has 6 nitrogen and oxygen atoms in total. The molecular formula is C12H17F6N3O3. The maximum Gasteiger partial charge on any atom is 0.426 e. The van der Waals surface area contributed by atoms with Gasteiger partial charge in [-0.25, -0.2) is 4.79 Å². The second kappa shape index (κ2) is 5.19. The second-order valence-electron chi connectivity index (χ2n) is 6.18. The van der Waals surface area contributed by atoms with E-state index in [4.69, 9.17) is 9.84 Å². The lowest BCUT2D eigenvalue weighted by atomic mass is 9.94. The Morgan fingerprint density at radius 1 is 1.25 bits per heavy atom. The second-order valence-corrected chi connectivity index (χ2v) is 6.18. The Balaban J connectivity index is 2.09. The van der Waals surface area contributed by atoms with Crippen molar-refractivity contribution in [1.29, 1.82) is 0 Å². The normalized spacial score (nSPS) is 30.2. The summed E-state index contributed by atoms with van der Waals surface area (Å²) in [6, 6.07) is 0. The minimum absolute atomic E-state index is 0.167. The van der Waals surface area contributed by atoms with Crippen molar-refractivity contribution < 1.29 is 41.0 Å². The van der Waals surface area contributed by atoms with Gasteiger partial charge in [0, 0.05) is 6.42 Å². The molecule has 0 amide bonds. The number of alkyl halides is 6. The van der Waals surface area contributed by atoms with E-state index in [1.165, 1.54) is 14.0 Å². The molecule has 0 aliphatic carbocycles. The molecule has 0 aromatic heterocycles. The van der Waals surface area contributed by atoms with Crippen LogP contribution < -0.4 is 16.0 Å². The number of aliphatic hydroxyl groups is 1. The third-order valence-electron chi connectivity index (χ3n) is 4.54.